The zero-order valence-electron chi connectivity index (χ0n) is 15.1. The fourth-order valence-corrected chi connectivity index (χ4v) is 3.64. The molecule has 3 aromatic rings. The summed E-state index contributed by atoms with van der Waals surface area (Å²) in [5, 5.41) is 0.466. The Balaban J connectivity index is 0.00000261. The zero-order chi connectivity index (χ0) is 18.5. The van der Waals surface area contributed by atoms with Crippen LogP contribution >= 0.6 is 23.7 Å². The van der Waals surface area contributed by atoms with Crippen molar-refractivity contribution in [3.63, 3.8) is 0 Å². The molecule has 0 radical (unpaired) electrons. The number of carbonyl (C=O) groups excluding carboxylic acids is 1. The van der Waals surface area contributed by atoms with E-state index in [9.17, 15) is 9.18 Å². The lowest BCUT2D eigenvalue weighted by molar-refractivity contribution is 0.0978. The van der Waals surface area contributed by atoms with E-state index < -0.39 is 0 Å². The van der Waals surface area contributed by atoms with E-state index in [0.717, 1.165) is 13.1 Å². The van der Waals surface area contributed by atoms with Gasteiger partial charge in [0.2, 0.25) is 0 Å². The van der Waals surface area contributed by atoms with E-state index in [1.54, 1.807) is 17.0 Å². The Labute approximate surface area is 167 Å². The van der Waals surface area contributed by atoms with Crippen molar-refractivity contribution in [1.82, 2.24) is 19.9 Å². The van der Waals surface area contributed by atoms with Gasteiger partial charge in [0.15, 0.2) is 5.13 Å². The van der Waals surface area contributed by atoms with Crippen molar-refractivity contribution in [2.45, 2.75) is 13.8 Å². The van der Waals surface area contributed by atoms with Gasteiger partial charge in [-0.3, -0.25) is 14.7 Å². The molecule has 0 unspecified atom stereocenters. The molecule has 1 aromatic carbocycles. The third-order valence-electron chi connectivity index (χ3n) is 4.15. The number of amides is 1. The van der Waals surface area contributed by atoms with Gasteiger partial charge in [0, 0.05) is 25.5 Å². The summed E-state index contributed by atoms with van der Waals surface area (Å²) in [5.74, 6) is -0.676. The van der Waals surface area contributed by atoms with Gasteiger partial charge in [0.05, 0.1) is 10.9 Å². The summed E-state index contributed by atoms with van der Waals surface area (Å²) >= 11 is 1.30. The number of halogens is 2. The number of hydrogen-bond donors (Lipinski definition) is 0. The Bertz CT molecular complexity index is 888. The first kappa shape index (κ1) is 21.1. The average Bonchev–Trinajstić information content (AvgIpc) is 3.11. The van der Waals surface area contributed by atoms with E-state index in [1.807, 2.05) is 0 Å². The quantitative estimate of drug-likeness (QED) is 0.596. The number of anilines is 1. The molecule has 0 bridgehead atoms. The summed E-state index contributed by atoms with van der Waals surface area (Å²) in [6, 6.07) is 4.82. The molecule has 0 fully saturated rings. The smallest absolute Gasteiger partial charge is 0.280 e. The second kappa shape index (κ2) is 9.68. The molecule has 0 spiro atoms. The third kappa shape index (κ3) is 4.77. The van der Waals surface area contributed by atoms with Gasteiger partial charge in [-0.15, -0.1) is 12.4 Å². The lowest BCUT2D eigenvalue weighted by atomic mass is 10.3. The lowest BCUT2D eigenvalue weighted by Crippen LogP contribution is -2.39. The van der Waals surface area contributed by atoms with E-state index in [4.69, 9.17) is 0 Å². The van der Waals surface area contributed by atoms with Crippen LogP contribution in [-0.2, 0) is 0 Å². The summed E-state index contributed by atoms with van der Waals surface area (Å²) < 4.78 is 14.7. The number of benzene rings is 1. The highest BCUT2D eigenvalue weighted by molar-refractivity contribution is 7.22. The Morgan fingerprint density at radius 3 is 2.59 bits per heavy atom. The number of hydrogen-bond acceptors (Lipinski definition) is 6. The number of carbonyl (C=O) groups is 1. The Morgan fingerprint density at radius 1 is 1.19 bits per heavy atom. The number of aromatic nitrogens is 3. The van der Waals surface area contributed by atoms with Crippen LogP contribution in [0.4, 0.5) is 9.52 Å². The van der Waals surface area contributed by atoms with Gasteiger partial charge in [-0.1, -0.05) is 31.3 Å². The standard InChI is InChI=1S/C18H20FN5OS.ClH/c1-3-23(4-2)10-11-24(17(25)14-12-20-8-9-21-14)18-22-16-13(19)6-5-7-15(16)26-18;/h5-9,12H,3-4,10-11H2,1-2H3;1H. The molecule has 9 heteroatoms. The largest absolute Gasteiger partial charge is 0.302 e. The number of fused-ring (bicyclic) bond motifs is 1. The van der Waals surface area contributed by atoms with Crippen LogP contribution in [0.5, 0.6) is 0 Å². The summed E-state index contributed by atoms with van der Waals surface area (Å²) in [6.45, 7) is 7.06. The Kier molecular flexibility index (Phi) is 7.58. The zero-order valence-corrected chi connectivity index (χ0v) is 16.8. The van der Waals surface area contributed by atoms with Crippen LogP contribution < -0.4 is 4.90 Å². The van der Waals surface area contributed by atoms with Crippen LogP contribution in [0, 0.1) is 5.82 Å². The van der Waals surface area contributed by atoms with Gasteiger partial charge >= 0.3 is 0 Å². The van der Waals surface area contributed by atoms with E-state index in [2.05, 4.69) is 33.7 Å². The lowest BCUT2D eigenvalue weighted by Gasteiger charge is -2.24. The highest BCUT2D eigenvalue weighted by Crippen LogP contribution is 2.30. The second-order valence-electron chi connectivity index (χ2n) is 5.66. The van der Waals surface area contributed by atoms with Crippen molar-refractivity contribution >= 4 is 45.0 Å². The molecule has 2 heterocycles. The van der Waals surface area contributed by atoms with Crippen LogP contribution in [0.1, 0.15) is 24.3 Å². The maximum Gasteiger partial charge on any atom is 0.280 e. The van der Waals surface area contributed by atoms with Crippen molar-refractivity contribution in [2.75, 3.05) is 31.1 Å². The number of para-hydroxylation sites is 1. The van der Waals surface area contributed by atoms with E-state index in [1.165, 1.54) is 36.0 Å². The first-order chi connectivity index (χ1) is 12.6. The molecular formula is C18H21ClFN5OS. The topological polar surface area (TPSA) is 62.2 Å². The highest BCUT2D eigenvalue weighted by atomic mass is 35.5. The monoisotopic (exact) mass is 409 g/mol. The van der Waals surface area contributed by atoms with Crippen molar-refractivity contribution in [3.05, 3.63) is 48.3 Å². The molecule has 0 atom stereocenters. The van der Waals surface area contributed by atoms with Gasteiger partial charge in [-0.05, 0) is 25.2 Å². The predicted molar refractivity (Wildman–Crippen MR) is 108 cm³/mol. The molecule has 1 amide bonds. The molecule has 3 rings (SSSR count). The van der Waals surface area contributed by atoms with Crippen LogP contribution in [0.2, 0.25) is 0 Å². The van der Waals surface area contributed by atoms with Gasteiger partial charge in [0.1, 0.15) is 17.0 Å². The van der Waals surface area contributed by atoms with Crippen molar-refractivity contribution in [1.29, 1.82) is 0 Å². The van der Waals surface area contributed by atoms with E-state index >= 15 is 0 Å². The van der Waals surface area contributed by atoms with Crippen LogP contribution in [-0.4, -0.2) is 51.9 Å². The molecule has 6 nitrogen and oxygen atoms in total. The summed E-state index contributed by atoms with van der Waals surface area (Å²) in [6.07, 6.45) is 4.43. The molecule has 0 aliphatic rings. The maximum absolute atomic E-state index is 14.0. The second-order valence-corrected chi connectivity index (χ2v) is 6.67. The van der Waals surface area contributed by atoms with Gasteiger partial charge in [-0.25, -0.2) is 14.4 Å². The molecule has 2 aromatic heterocycles. The van der Waals surface area contributed by atoms with Crippen LogP contribution in [0.3, 0.4) is 0 Å². The van der Waals surface area contributed by atoms with E-state index in [0.29, 0.717) is 22.9 Å². The van der Waals surface area contributed by atoms with Crippen LogP contribution in [0.15, 0.2) is 36.8 Å². The highest BCUT2D eigenvalue weighted by Gasteiger charge is 2.23. The van der Waals surface area contributed by atoms with Crippen molar-refractivity contribution in [2.24, 2.45) is 0 Å². The van der Waals surface area contributed by atoms with Crippen molar-refractivity contribution in [3.8, 4) is 0 Å². The predicted octanol–water partition coefficient (Wildman–Crippen LogP) is 3.64. The minimum Gasteiger partial charge on any atom is -0.302 e. The molecule has 0 aliphatic heterocycles. The number of rotatable bonds is 7. The van der Waals surface area contributed by atoms with Crippen LogP contribution in [0.25, 0.3) is 10.2 Å². The normalized spacial score (nSPS) is 10.8. The molecule has 27 heavy (non-hydrogen) atoms. The first-order valence-electron chi connectivity index (χ1n) is 8.49. The summed E-state index contributed by atoms with van der Waals surface area (Å²) in [5.41, 5.74) is 0.527. The number of likely N-dealkylation sites (N-methyl/N-ethyl adjacent to an activating group) is 1. The number of thiazole rings is 1. The van der Waals surface area contributed by atoms with Gasteiger partial charge < -0.3 is 4.90 Å². The maximum atomic E-state index is 14.0. The summed E-state index contributed by atoms with van der Waals surface area (Å²) in [7, 11) is 0. The molecule has 0 aliphatic carbocycles. The minimum absolute atomic E-state index is 0. The summed E-state index contributed by atoms with van der Waals surface area (Å²) in [4.78, 5) is 29.2. The Morgan fingerprint density at radius 2 is 1.96 bits per heavy atom. The van der Waals surface area contributed by atoms with Crippen molar-refractivity contribution < 1.29 is 9.18 Å². The third-order valence-corrected chi connectivity index (χ3v) is 5.19. The van der Waals surface area contributed by atoms with Gasteiger partial charge in [0.25, 0.3) is 5.91 Å². The number of nitrogens with zero attached hydrogens (tertiary/aromatic N) is 5. The molecule has 0 saturated heterocycles. The Hall–Kier alpha value is -2.16. The van der Waals surface area contributed by atoms with Gasteiger partial charge in [-0.2, -0.15) is 0 Å². The SMILES string of the molecule is CCN(CC)CCN(C(=O)c1cnccn1)c1nc2c(F)cccc2s1.Cl. The molecule has 0 saturated carbocycles. The molecular weight excluding hydrogens is 389 g/mol. The fraction of sp³-hybridized carbons (Fsp3) is 0.333. The minimum atomic E-state index is -0.388. The average molecular weight is 410 g/mol. The fourth-order valence-electron chi connectivity index (χ4n) is 2.63. The molecule has 0 N–H and O–H groups in total. The first-order valence-corrected chi connectivity index (χ1v) is 9.31. The van der Waals surface area contributed by atoms with E-state index in [-0.39, 0.29) is 35.3 Å². The molecule has 144 valence electrons.